The molecule has 0 bridgehead atoms. The van der Waals surface area contributed by atoms with Crippen LogP contribution < -0.4 is 15.8 Å². The highest BCUT2D eigenvalue weighted by molar-refractivity contribution is 6.03. The number of ether oxygens (including phenoxy) is 1. The summed E-state index contributed by atoms with van der Waals surface area (Å²) in [6.45, 7) is 1.88. The van der Waals surface area contributed by atoms with Crippen molar-refractivity contribution < 1.29 is 9.53 Å². The maximum absolute atomic E-state index is 12.0. The Morgan fingerprint density at radius 3 is 2.79 bits per heavy atom. The molecule has 0 spiro atoms. The molecule has 2 aromatic rings. The second-order valence-electron chi connectivity index (χ2n) is 3.96. The lowest BCUT2D eigenvalue weighted by Gasteiger charge is -2.09. The molecular weight excluding hydrogens is 244 g/mol. The summed E-state index contributed by atoms with van der Waals surface area (Å²) in [7, 11) is 1.59. The van der Waals surface area contributed by atoms with Gasteiger partial charge in [-0.05, 0) is 30.7 Å². The number of rotatable bonds is 3. The van der Waals surface area contributed by atoms with E-state index >= 15 is 0 Å². The van der Waals surface area contributed by atoms with Crippen molar-refractivity contribution in [1.82, 2.24) is 9.97 Å². The molecule has 2 rings (SSSR count). The molecule has 0 saturated heterocycles. The van der Waals surface area contributed by atoms with Crippen molar-refractivity contribution in [2.75, 3.05) is 18.2 Å². The molecule has 0 aliphatic heterocycles. The van der Waals surface area contributed by atoms with E-state index in [0.717, 1.165) is 11.3 Å². The summed E-state index contributed by atoms with van der Waals surface area (Å²) in [5, 5.41) is 2.75. The van der Waals surface area contributed by atoms with E-state index in [-0.39, 0.29) is 17.4 Å². The number of nitrogens with one attached hydrogen (secondary N) is 1. The van der Waals surface area contributed by atoms with E-state index in [1.165, 1.54) is 12.4 Å². The minimum absolute atomic E-state index is 0.176. The van der Waals surface area contributed by atoms with Crippen molar-refractivity contribution >= 4 is 17.4 Å². The zero-order chi connectivity index (χ0) is 13.8. The molecule has 1 amide bonds. The molecule has 0 unspecified atom stereocenters. The monoisotopic (exact) mass is 258 g/mol. The molecule has 0 fully saturated rings. The number of nitrogens with zero attached hydrogens (tertiary/aromatic N) is 2. The van der Waals surface area contributed by atoms with Gasteiger partial charge in [0.15, 0.2) is 0 Å². The van der Waals surface area contributed by atoms with E-state index in [1.807, 2.05) is 13.0 Å². The van der Waals surface area contributed by atoms with Gasteiger partial charge < -0.3 is 15.8 Å². The maximum Gasteiger partial charge on any atom is 0.275 e. The Balaban J connectivity index is 2.19. The summed E-state index contributed by atoms with van der Waals surface area (Å²) in [6, 6.07) is 5.38. The number of hydrogen-bond donors (Lipinski definition) is 2. The number of amides is 1. The number of anilines is 2. The van der Waals surface area contributed by atoms with Crippen LogP contribution in [0.4, 0.5) is 11.5 Å². The van der Waals surface area contributed by atoms with E-state index in [9.17, 15) is 4.79 Å². The van der Waals surface area contributed by atoms with Gasteiger partial charge in [0.1, 0.15) is 17.3 Å². The first-order valence-corrected chi connectivity index (χ1v) is 5.63. The molecule has 3 N–H and O–H groups in total. The van der Waals surface area contributed by atoms with Crippen molar-refractivity contribution in [2.24, 2.45) is 0 Å². The van der Waals surface area contributed by atoms with Crippen LogP contribution in [0.5, 0.6) is 5.75 Å². The molecule has 1 aromatic carbocycles. The Morgan fingerprint density at radius 1 is 1.37 bits per heavy atom. The van der Waals surface area contributed by atoms with Gasteiger partial charge in [0.05, 0.1) is 19.5 Å². The average molecular weight is 258 g/mol. The fourth-order valence-corrected chi connectivity index (χ4v) is 1.58. The SMILES string of the molecule is COc1ccc(NC(=O)c2cncc(N)n2)c(C)c1. The number of benzene rings is 1. The van der Waals surface area contributed by atoms with Gasteiger partial charge in [0.25, 0.3) is 5.91 Å². The fourth-order valence-electron chi connectivity index (χ4n) is 1.58. The van der Waals surface area contributed by atoms with Crippen LogP contribution in [-0.2, 0) is 0 Å². The second-order valence-corrected chi connectivity index (χ2v) is 3.96. The zero-order valence-corrected chi connectivity index (χ0v) is 10.7. The number of methoxy groups -OCH3 is 1. The third-order valence-corrected chi connectivity index (χ3v) is 2.57. The first-order chi connectivity index (χ1) is 9.10. The molecule has 19 heavy (non-hydrogen) atoms. The summed E-state index contributed by atoms with van der Waals surface area (Å²) in [5.41, 5.74) is 7.25. The Kier molecular flexibility index (Phi) is 3.61. The lowest BCUT2D eigenvalue weighted by Crippen LogP contribution is -2.15. The van der Waals surface area contributed by atoms with Gasteiger partial charge in [-0.1, -0.05) is 0 Å². The molecule has 98 valence electrons. The topological polar surface area (TPSA) is 90.1 Å². The van der Waals surface area contributed by atoms with Crippen LogP contribution in [0.15, 0.2) is 30.6 Å². The highest BCUT2D eigenvalue weighted by Crippen LogP contribution is 2.21. The molecule has 1 heterocycles. The minimum Gasteiger partial charge on any atom is -0.497 e. The van der Waals surface area contributed by atoms with Crippen LogP contribution in [0.1, 0.15) is 16.1 Å². The Labute approximate surface area is 110 Å². The van der Waals surface area contributed by atoms with E-state index in [1.54, 1.807) is 19.2 Å². The molecule has 0 aliphatic rings. The van der Waals surface area contributed by atoms with Crippen molar-refractivity contribution in [1.29, 1.82) is 0 Å². The number of carbonyl (C=O) groups excluding carboxylic acids is 1. The van der Waals surface area contributed by atoms with Crippen LogP contribution in [0.2, 0.25) is 0 Å². The molecular formula is C13H14N4O2. The van der Waals surface area contributed by atoms with Gasteiger partial charge in [0, 0.05) is 5.69 Å². The number of aryl methyl sites for hydroxylation is 1. The number of nitrogens with two attached hydrogens (primary N) is 1. The lowest BCUT2D eigenvalue weighted by molar-refractivity contribution is 0.102. The quantitative estimate of drug-likeness (QED) is 0.873. The molecule has 0 radical (unpaired) electrons. The van der Waals surface area contributed by atoms with Crippen molar-refractivity contribution in [3.8, 4) is 5.75 Å². The summed E-state index contributed by atoms with van der Waals surface area (Å²) in [4.78, 5) is 19.7. The molecule has 6 heteroatoms. The zero-order valence-electron chi connectivity index (χ0n) is 10.7. The standard InChI is InChI=1S/C13H14N4O2/c1-8-5-9(19-2)3-4-10(8)17-13(18)11-6-15-7-12(14)16-11/h3-7H,1-2H3,(H2,14,16)(H,17,18). The van der Waals surface area contributed by atoms with Crippen LogP contribution in [-0.4, -0.2) is 23.0 Å². The third kappa shape index (κ3) is 2.98. The smallest absolute Gasteiger partial charge is 0.275 e. The van der Waals surface area contributed by atoms with E-state index in [0.29, 0.717) is 5.69 Å². The van der Waals surface area contributed by atoms with E-state index in [4.69, 9.17) is 10.5 Å². The highest BCUT2D eigenvalue weighted by atomic mass is 16.5. The lowest BCUT2D eigenvalue weighted by atomic mass is 10.2. The van der Waals surface area contributed by atoms with Crippen LogP contribution in [0, 0.1) is 6.92 Å². The van der Waals surface area contributed by atoms with Crippen LogP contribution in [0.25, 0.3) is 0 Å². The Hall–Kier alpha value is -2.63. The number of hydrogen-bond acceptors (Lipinski definition) is 5. The summed E-state index contributed by atoms with van der Waals surface area (Å²) in [6.07, 6.45) is 2.75. The largest absolute Gasteiger partial charge is 0.497 e. The number of nitrogen functional groups attached to an aromatic ring is 1. The number of carbonyl (C=O) groups is 1. The van der Waals surface area contributed by atoms with Gasteiger partial charge in [-0.2, -0.15) is 0 Å². The van der Waals surface area contributed by atoms with Gasteiger partial charge in [0.2, 0.25) is 0 Å². The fraction of sp³-hybridized carbons (Fsp3) is 0.154. The predicted octanol–water partition coefficient (Wildman–Crippen LogP) is 1.63. The normalized spacial score (nSPS) is 10.0. The Bertz CT molecular complexity index is 613. The highest BCUT2D eigenvalue weighted by Gasteiger charge is 2.10. The molecule has 6 nitrogen and oxygen atoms in total. The number of aromatic nitrogens is 2. The summed E-state index contributed by atoms with van der Waals surface area (Å²) < 4.78 is 5.10. The Morgan fingerprint density at radius 2 is 2.16 bits per heavy atom. The molecule has 0 atom stereocenters. The summed E-state index contributed by atoms with van der Waals surface area (Å²) in [5.74, 6) is 0.589. The van der Waals surface area contributed by atoms with Gasteiger partial charge in [-0.25, -0.2) is 4.98 Å². The predicted molar refractivity (Wildman–Crippen MR) is 72.1 cm³/mol. The van der Waals surface area contributed by atoms with Gasteiger partial charge in [-0.3, -0.25) is 9.78 Å². The summed E-state index contributed by atoms with van der Waals surface area (Å²) >= 11 is 0. The first-order valence-electron chi connectivity index (χ1n) is 5.63. The molecule has 0 saturated carbocycles. The van der Waals surface area contributed by atoms with Crippen LogP contribution in [0.3, 0.4) is 0 Å². The van der Waals surface area contributed by atoms with Crippen LogP contribution >= 0.6 is 0 Å². The van der Waals surface area contributed by atoms with Gasteiger partial charge >= 0.3 is 0 Å². The van der Waals surface area contributed by atoms with E-state index < -0.39 is 0 Å². The average Bonchev–Trinajstić information content (AvgIpc) is 2.41. The first kappa shape index (κ1) is 12.8. The van der Waals surface area contributed by atoms with Gasteiger partial charge in [-0.15, -0.1) is 0 Å². The van der Waals surface area contributed by atoms with Crippen molar-refractivity contribution in [3.63, 3.8) is 0 Å². The second kappa shape index (κ2) is 5.34. The van der Waals surface area contributed by atoms with E-state index in [2.05, 4.69) is 15.3 Å². The van der Waals surface area contributed by atoms with Crippen molar-refractivity contribution in [3.05, 3.63) is 41.9 Å². The third-order valence-electron chi connectivity index (χ3n) is 2.57. The molecule has 1 aromatic heterocycles. The van der Waals surface area contributed by atoms with Crippen molar-refractivity contribution in [2.45, 2.75) is 6.92 Å². The maximum atomic E-state index is 12.0. The molecule has 0 aliphatic carbocycles. The minimum atomic E-state index is -0.354.